The first-order valence-electron chi connectivity index (χ1n) is 5.36. The van der Waals surface area contributed by atoms with E-state index >= 15 is 0 Å². The van der Waals surface area contributed by atoms with Crippen LogP contribution in [0.5, 0.6) is 0 Å². The molecule has 0 fully saturated rings. The number of thioether (sulfide) groups is 1. The molecule has 0 saturated heterocycles. The van der Waals surface area contributed by atoms with Crippen LogP contribution in [0.2, 0.25) is 0 Å². The minimum absolute atomic E-state index is 0.247. The van der Waals surface area contributed by atoms with Gasteiger partial charge in [0.2, 0.25) is 0 Å². The fraction of sp³-hybridized carbons (Fsp3) is 1.00. The fourth-order valence-corrected chi connectivity index (χ4v) is 1.93. The maximum atomic E-state index is 13.1. The third-order valence-electron chi connectivity index (χ3n) is 2.13. The van der Waals surface area contributed by atoms with Crippen LogP contribution in [0.3, 0.4) is 0 Å². The van der Waals surface area contributed by atoms with E-state index < -0.39 is 31.1 Å². The van der Waals surface area contributed by atoms with Gasteiger partial charge in [0, 0.05) is 25.1 Å². The van der Waals surface area contributed by atoms with E-state index in [4.69, 9.17) is 5.73 Å². The summed E-state index contributed by atoms with van der Waals surface area (Å²) in [6, 6.07) is 0. The third kappa shape index (κ3) is 8.21. The number of hydrogen-bond acceptors (Lipinski definition) is 2. The number of rotatable bonds is 9. The van der Waals surface area contributed by atoms with E-state index in [1.807, 2.05) is 0 Å². The summed E-state index contributed by atoms with van der Waals surface area (Å²) in [6.45, 7) is 1.72. The third-order valence-corrected chi connectivity index (χ3v) is 3.23. The summed E-state index contributed by atoms with van der Waals surface area (Å²) >= 11 is 1.47. The van der Waals surface area contributed by atoms with Gasteiger partial charge in [-0.25, -0.2) is 17.6 Å². The standard InChI is InChI=1S/C10H19F4NS/c1-2-9(11,12)8-10(13,14)4-3-6-16-7-5-15/h2-8,15H2,1H3. The van der Waals surface area contributed by atoms with Crippen molar-refractivity contribution in [2.24, 2.45) is 5.73 Å². The molecule has 0 unspecified atom stereocenters. The first kappa shape index (κ1) is 16.0. The Bertz CT molecular complexity index is 188. The summed E-state index contributed by atoms with van der Waals surface area (Å²) in [7, 11) is 0. The van der Waals surface area contributed by atoms with Gasteiger partial charge in [-0.05, 0) is 12.2 Å². The van der Waals surface area contributed by atoms with Gasteiger partial charge in [0.05, 0.1) is 6.42 Å². The van der Waals surface area contributed by atoms with Gasteiger partial charge in [-0.1, -0.05) is 6.92 Å². The first-order valence-corrected chi connectivity index (χ1v) is 6.52. The van der Waals surface area contributed by atoms with Crippen LogP contribution in [0.15, 0.2) is 0 Å². The highest BCUT2D eigenvalue weighted by Crippen LogP contribution is 2.35. The van der Waals surface area contributed by atoms with E-state index in [1.165, 1.54) is 18.7 Å². The van der Waals surface area contributed by atoms with Gasteiger partial charge in [0.1, 0.15) is 0 Å². The Morgan fingerprint density at radius 2 is 1.69 bits per heavy atom. The average Bonchev–Trinajstić information content (AvgIpc) is 2.16. The minimum Gasteiger partial charge on any atom is -0.330 e. The van der Waals surface area contributed by atoms with Crippen molar-refractivity contribution in [3.8, 4) is 0 Å². The van der Waals surface area contributed by atoms with Gasteiger partial charge < -0.3 is 5.73 Å². The van der Waals surface area contributed by atoms with E-state index in [0.29, 0.717) is 12.3 Å². The van der Waals surface area contributed by atoms with Crippen molar-refractivity contribution in [3.05, 3.63) is 0 Å². The van der Waals surface area contributed by atoms with Crippen molar-refractivity contribution in [1.29, 1.82) is 0 Å². The quantitative estimate of drug-likeness (QED) is 0.507. The van der Waals surface area contributed by atoms with E-state index in [2.05, 4.69) is 0 Å². The highest BCUT2D eigenvalue weighted by molar-refractivity contribution is 7.99. The van der Waals surface area contributed by atoms with E-state index in [9.17, 15) is 17.6 Å². The molecule has 0 aromatic heterocycles. The normalized spacial score (nSPS) is 13.1. The summed E-state index contributed by atoms with van der Waals surface area (Å²) in [6.07, 6.45) is -2.10. The summed E-state index contributed by atoms with van der Waals surface area (Å²) < 4.78 is 51.8. The minimum atomic E-state index is -3.26. The van der Waals surface area contributed by atoms with Gasteiger partial charge in [-0.2, -0.15) is 11.8 Å². The predicted molar refractivity (Wildman–Crippen MR) is 60.4 cm³/mol. The molecule has 1 nitrogen and oxygen atoms in total. The van der Waals surface area contributed by atoms with Gasteiger partial charge >= 0.3 is 0 Å². The lowest BCUT2D eigenvalue weighted by atomic mass is 10.0. The van der Waals surface area contributed by atoms with Crippen molar-refractivity contribution in [1.82, 2.24) is 0 Å². The van der Waals surface area contributed by atoms with Gasteiger partial charge in [0.25, 0.3) is 11.8 Å². The maximum Gasteiger partial charge on any atom is 0.253 e. The summed E-state index contributed by atoms with van der Waals surface area (Å²) in [5, 5.41) is 0. The van der Waals surface area contributed by atoms with E-state index in [1.54, 1.807) is 0 Å². The molecule has 6 heteroatoms. The smallest absolute Gasteiger partial charge is 0.253 e. The van der Waals surface area contributed by atoms with Gasteiger partial charge in [-0.3, -0.25) is 0 Å². The van der Waals surface area contributed by atoms with E-state index in [0.717, 1.165) is 5.75 Å². The lowest BCUT2D eigenvalue weighted by Crippen LogP contribution is -2.28. The predicted octanol–water partition coefficient (Wildman–Crippen LogP) is 3.53. The summed E-state index contributed by atoms with van der Waals surface area (Å²) in [4.78, 5) is 0. The zero-order valence-electron chi connectivity index (χ0n) is 9.45. The molecule has 2 N–H and O–H groups in total. The van der Waals surface area contributed by atoms with Crippen molar-refractivity contribution in [2.75, 3.05) is 18.1 Å². The largest absolute Gasteiger partial charge is 0.330 e. The van der Waals surface area contributed by atoms with Crippen LogP contribution >= 0.6 is 11.8 Å². The van der Waals surface area contributed by atoms with Crippen molar-refractivity contribution < 1.29 is 17.6 Å². The Morgan fingerprint density at radius 3 is 2.19 bits per heavy atom. The average molecular weight is 261 g/mol. The Balaban J connectivity index is 3.78. The Kier molecular flexibility index (Phi) is 7.39. The van der Waals surface area contributed by atoms with Crippen LogP contribution in [0.4, 0.5) is 17.6 Å². The lowest BCUT2D eigenvalue weighted by molar-refractivity contribution is -0.115. The molecule has 0 bridgehead atoms. The number of halogens is 4. The maximum absolute atomic E-state index is 13.1. The molecule has 0 amide bonds. The Labute approximate surface area is 98.1 Å². The monoisotopic (exact) mass is 261 g/mol. The fourth-order valence-electron chi connectivity index (χ4n) is 1.21. The van der Waals surface area contributed by atoms with Crippen molar-refractivity contribution >= 4 is 11.8 Å². The molecule has 0 aliphatic rings. The molecule has 16 heavy (non-hydrogen) atoms. The van der Waals surface area contributed by atoms with Crippen LogP contribution in [-0.2, 0) is 0 Å². The Hall–Kier alpha value is 0.0300. The van der Waals surface area contributed by atoms with Crippen LogP contribution in [0.25, 0.3) is 0 Å². The zero-order valence-corrected chi connectivity index (χ0v) is 10.3. The Morgan fingerprint density at radius 1 is 1.06 bits per heavy atom. The van der Waals surface area contributed by atoms with Gasteiger partial charge in [0.15, 0.2) is 0 Å². The highest BCUT2D eigenvalue weighted by Gasteiger charge is 2.41. The number of nitrogens with two attached hydrogens (primary N) is 1. The molecule has 0 aromatic rings. The second-order valence-corrected chi connectivity index (χ2v) is 4.97. The molecule has 0 saturated carbocycles. The summed E-state index contributed by atoms with van der Waals surface area (Å²) in [5.41, 5.74) is 5.23. The zero-order chi connectivity index (χ0) is 12.7. The molecule has 98 valence electrons. The molecule has 0 rings (SSSR count). The van der Waals surface area contributed by atoms with Gasteiger partial charge in [-0.15, -0.1) is 0 Å². The van der Waals surface area contributed by atoms with Crippen molar-refractivity contribution in [2.45, 2.75) is 44.5 Å². The van der Waals surface area contributed by atoms with Crippen LogP contribution in [0, 0.1) is 0 Å². The SMILES string of the molecule is CCC(F)(F)CC(F)(F)CCCSCCN. The second-order valence-electron chi connectivity index (χ2n) is 3.75. The molecule has 0 aliphatic heterocycles. The molecule has 0 aliphatic carbocycles. The summed E-state index contributed by atoms with van der Waals surface area (Å²) in [5.74, 6) is -5.25. The highest BCUT2D eigenvalue weighted by atomic mass is 32.2. The molecule has 0 radical (unpaired) electrons. The first-order chi connectivity index (χ1) is 7.33. The van der Waals surface area contributed by atoms with E-state index in [-0.39, 0.29) is 6.42 Å². The molecular weight excluding hydrogens is 242 g/mol. The molecule has 0 atom stereocenters. The number of alkyl halides is 4. The van der Waals surface area contributed by atoms with Crippen LogP contribution in [0.1, 0.15) is 32.6 Å². The lowest BCUT2D eigenvalue weighted by Gasteiger charge is -2.22. The topological polar surface area (TPSA) is 26.0 Å². The number of hydrogen-bond donors (Lipinski definition) is 1. The van der Waals surface area contributed by atoms with Crippen LogP contribution in [-0.4, -0.2) is 29.9 Å². The van der Waals surface area contributed by atoms with Crippen molar-refractivity contribution in [3.63, 3.8) is 0 Å². The molecule has 0 aromatic carbocycles. The molecule has 0 spiro atoms. The molecule has 0 heterocycles. The molecular formula is C10H19F4NS. The van der Waals surface area contributed by atoms with Crippen LogP contribution < -0.4 is 5.73 Å². The second kappa shape index (κ2) is 7.37.